The molecule has 5 nitrogen and oxygen atoms in total. The molecule has 0 bridgehead atoms. The van der Waals surface area contributed by atoms with Gasteiger partial charge in [0.05, 0.1) is 18.5 Å². The standard InChI is InChI=1S/C17H25N3O2/c1-18-7-9-20(10-8-18)15-11-13-5-4-6-17(21)19(2)14(13)12-16(15)22-3/h11-12H,4-10H2,1-3H3. The fourth-order valence-electron chi connectivity index (χ4n) is 3.30. The Balaban J connectivity index is 1.98. The summed E-state index contributed by atoms with van der Waals surface area (Å²) in [6, 6.07) is 4.26. The number of aryl methyl sites for hydroxylation is 1. The summed E-state index contributed by atoms with van der Waals surface area (Å²) in [4.78, 5) is 18.6. The molecule has 5 heteroatoms. The van der Waals surface area contributed by atoms with E-state index in [9.17, 15) is 4.79 Å². The van der Waals surface area contributed by atoms with E-state index in [-0.39, 0.29) is 5.91 Å². The third-order valence-electron chi connectivity index (χ3n) is 4.80. The van der Waals surface area contributed by atoms with Gasteiger partial charge >= 0.3 is 0 Å². The van der Waals surface area contributed by atoms with Crippen LogP contribution in [0.2, 0.25) is 0 Å². The van der Waals surface area contributed by atoms with Gasteiger partial charge in [0.25, 0.3) is 0 Å². The van der Waals surface area contributed by atoms with Gasteiger partial charge in [0.2, 0.25) is 5.91 Å². The van der Waals surface area contributed by atoms with E-state index in [4.69, 9.17) is 4.74 Å². The van der Waals surface area contributed by atoms with Gasteiger partial charge in [-0.15, -0.1) is 0 Å². The van der Waals surface area contributed by atoms with Crippen LogP contribution >= 0.6 is 0 Å². The molecule has 0 aromatic heterocycles. The summed E-state index contributed by atoms with van der Waals surface area (Å²) in [5.74, 6) is 1.05. The van der Waals surface area contributed by atoms with Gasteiger partial charge in [0.15, 0.2) is 0 Å². The van der Waals surface area contributed by atoms with Crippen molar-refractivity contribution in [3.63, 3.8) is 0 Å². The maximum Gasteiger partial charge on any atom is 0.226 e. The second kappa shape index (κ2) is 6.16. The van der Waals surface area contributed by atoms with Crippen molar-refractivity contribution < 1.29 is 9.53 Å². The molecular weight excluding hydrogens is 278 g/mol. The molecule has 0 N–H and O–H groups in total. The first kappa shape index (κ1) is 15.2. The number of hydrogen-bond donors (Lipinski definition) is 0. The average Bonchev–Trinajstić information content (AvgIpc) is 2.66. The molecule has 1 aromatic carbocycles. The largest absolute Gasteiger partial charge is 0.495 e. The quantitative estimate of drug-likeness (QED) is 0.834. The molecule has 2 heterocycles. The van der Waals surface area contributed by atoms with Gasteiger partial charge in [-0.2, -0.15) is 0 Å². The first-order chi connectivity index (χ1) is 10.6. The van der Waals surface area contributed by atoms with Gasteiger partial charge in [-0.1, -0.05) is 0 Å². The Kier molecular flexibility index (Phi) is 4.25. The molecule has 0 atom stereocenters. The Bertz CT molecular complexity index is 565. The van der Waals surface area contributed by atoms with Gasteiger partial charge in [0.1, 0.15) is 5.75 Å². The fourth-order valence-corrected chi connectivity index (χ4v) is 3.30. The SMILES string of the molecule is COc1cc2c(cc1N1CCN(C)CC1)CCCC(=O)N2C. The van der Waals surface area contributed by atoms with E-state index in [1.165, 1.54) is 5.56 Å². The van der Waals surface area contributed by atoms with Crippen molar-refractivity contribution in [2.24, 2.45) is 0 Å². The van der Waals surface area contributed by atoms with Gasteiger partial charge in [-0.05, 0) is 31.5 Å². The molecule has 0 aliphatic carbocycles. The van der Waals surface area contributed by atoms with Crippen molar-refractivity contribution in [1.29, 1.82) is 0 Å². The molecule has 1 aromatic rings. The lowest BCUT2D eigenvalue weighted by Crippen LogP contribution is -2.44. The predicted octanol–water partition coefficient (Wildman–Crippen LogP) is 1.75. The lowest BCUT2D eigenvalue weighted by Gasteiger charge is -2.35. The summed E-state index contributed by atoms with van der Waals surface area (Å²) < 4.78 is 5.62. The van der Waals surface area contributed by atoms with E-state index in [0.717, 1.165) is 56.1 Å². The Morgan fingerprint density at radius 1 is 1.00 bits per heavy atom. The van der Waals surface area contributed by atoms with Crippen LogP contribution in [-0.4, -0.2) is 58.2 Å². The van der Waals surface area contributed by atoms with Crippen LogP contribution in [0.5, 0.6) is 5.75 Å². The van der Waals surface area contributed by atoms with Crippen LogP contribution < -0.4 is 14.5 Å². The number of ether oxygens (including phenoxy) is 1. The molecule has 1 amide bonds. The molecule has 3 rings (SSSR count). The zero-order valence-corrected chi connectivity index (χ0v) is 13.8. The van der Waals surface area contributed by atoms with E-state index in [0.29, 0.717) is 6.42 Å². The Morgan fingerprint density at radius 2 is 1.73 bits per heavy atom. The molecule has 1 saturated heterocycles. The highest BCUT2D eigenvalue weighted by Crippen LogP contribution is 2.38. The number of piperazine rings is 1. The molecule has 0 radical (unpaired) electrons. The number of fused-ring (bicyclic) bond motifs is 1. The molecule has 1 fully saturated rings. The van der Waals surface area contributed by atoms with E-state index >= 15 is 0 Å². The molecule has 0 unspecified atom stereocenters. The van der Waals surface area contributed by atoms with Crippen LogP contribution in [0.15, 0.2) is 12.1 Å². The lowest BCUT2D eigenvalue weighted by molar-refractivity contribution is -0.118. The summed E-state index contributed by atoms with van der Waals surface area (Å²) >= 11 is 0. The summed E-state index contributed by atoms with van der Waals surface area (Å²) in [7, 11) is 5.73. The smallest absolute Gasteiger partial charge is 0.226 e. The van der Waals surface area contributed by atoms with Crippen LogP contribution in [0.4, 0.5) is 11.4 Å². The Morgan fingerprint density at radius 3 is 2.41 bits per heavy atom. The minimum absolute atomic E-state index is 0.188. The second-order valence-electron chi connectivity index (χ2n) is 6.25. The van der Waals surface area contributed by atoms with Crippen LogP contribution in [0.3, 0.4) is 0 Å². The number of nitrogens with zero attached hydrogens (tertiary/aromatic N) is 3. The van der Waals surface area contributed by atoms with Crippen molar-refractivity contribution in [2.75, 3.05) is 57.2 Å². The van der Waals surface area contributed by atoms with Crippen molar-refractivity contribution in [2.45, 2.75) is 19.3 Å². The second-order valence-corrected chi connectivity index (χ2v) is 6.25. The van der Waals surface area contributed by atoms with Gasteiger partial charge < -0.3 is 19.4 Å². The van der Waals surface area contributed by atoms with Crippen molar-refractivity contribution in [3.8, 4) is 5.75 Å². The van der Waals surface area contributed by atoms with Crippen LogP contribution in [0.25, 0.3) is 0 Å². The topological polar surface area (TPSA) is 36.0 Å². The molecule has 2 aliphatic heterocycles. The first-order valence-corrected chi connectivity index (χ1v) is 8.01. The maximum absolute atomic E-state index is 12.1. The summed E-state index contributed by atoms with van der Waals surface area (Å²) in [5.41, 5.74) is 3.41. The van der Waals surface area contributed by atoms with Gasteiger partial charge in [0, 0.05) is 45.7 Å². The first-order valence-electron chi connectivity index (χ1n) is 8.01. The van der Waals surface area contributed by atoms with Crippen LogP contribution in [0.1, 0.15) is 18.4 Å². The van der Waals surface area contributed by atoms with E-state index in [1.54, 1.807) is 12.0 Å². The highest BCUT2D eigenvalue weighted by atomic mass is 16.5. The molecule has 22 heavy (non-hydrogen) atoms. The summed E-state index contributed by atoms with van der Waals surface area (Å²) in [6.07, 6.45) is 2.50. The number of rotatable bonds is 2. The lowest BCUT2D eigenvalue weighted by atomic mass is 10.0. The van der Waals surface area contributed by atoms with Crippen molar-refractivity contribution in [1.82, 2.24) is 4.90 Å². The predicted molar refractivity (Wildman–Crippen MR) is 89.1 cm³/mol. The van der Waals surface area contributed by atoms with Crippen molar-refractivity contribution >= 4 is 17.3 Å². The van der Waals surface area contributed by atoms with E-state index in [2.05, 4.69) is 22.9 Å². The molecule has 0 spiro atoms. The number of methoxy groups -OCH3 is 1. The number of hydrogen-bond acceptors (Lipinski definition) is 4. The maximum atomic E-state index is 12.1. The normalized spacial score (nSPS) is 19.9. The highest BCUT2D eigenvalue weighted by molar-refractivity contribution is 5.95. The molecule has 120 valence electrons. The number of benzene rings is 1. The average molecular weight is 303 g/mol. The highest BCUT2D eigenvalue weighted by Gasteiger charge is 2.24. The third-order valence-corrected chi connectivity index (χ3v) is 4.80. The number of likely N-dealkylation sites (N-methyl/N-ethyl adjacent to an activating group) is 1. The van der Waals surface area contributed by atoms with Crippen molar-refractivity contribution in [3.05, 3.63) is 17.7 Å². The number of anilines is 2. The zero-order valence-electron chi connectivity index (χ0n) is 13.8. The molecule has 0 saturated carbocycles. The fraction of sp³-hybridized carbons (Fsp3) is 0.588. The van der Waals surface area contributed by atoms with Gasteiger partial charge in [-0.25, -0.2) is 0 Å². The number of amides is 1. The van der Waals surface area contributed by atoms with Crippen LogP contribution in [0, 0.1) is 0 Å². The molecule has 2 aliphatic rings. The Labute approximate surface area is 132 Å². The summed E-state index contributed by atoms with van der Waals surface area (Å²) in [6.45, 7) is 4.16. The monoisotopic (exact) mass is 303 g/mol. The van der Waals surface area contributed by atoms with Gasteiger partial charge in [-0.3, -0.25) is 4.79 Å². The number of carbonyl (C=O) groups is 1. The van der Waals surface area contributed by atoms with E-state index in [1.807, 2.05) is 13.1 Å². The number of carbonyl (C=O) groups excluding carboxylic acids is 1. The zero-order chi connectivity index (χ0) is 15.7. The minimum atomic E-state index is 0.188. The minimum Gasteiger partial charge on any atom is -0.495 e. The van der Waals surface area contributed by atoms with Crippen LogP contribution in [-0.2, 0) is 11.2 Å². The molecular formula is C17H25N3O2. The summed E-state index contributed by atoms with van der Waals surface area (Å²) in [5, 5.41) is 0. The Hall–Kier alpha value is -1.75. The third kappa shape index (κ3) is 2.77. The van der Waals surface area contributed by atoms with E-state index < -0.39 is 0 Å².